The van der Waals surface area contributed by atoms with Gasteiger partial charge in [-0.2, -0.15) is 5.06 Å². The maximum absolute atomic E-state index is 6.10. The molecule has 0 aromatic rings. The summed E-state index contributed by atoms with van der Waals surface area (Å²) in [6.45, 7) is 14.2. The normalized spacial score (nSPS) is 13.2. The fourth-order valence-corrected chi connectivity index (χ4v) is 1.89. The van der Waals surface area contributed by atoms with E-state index < -0.39 is 0 Å². The van der Waals surface area contributed by atoms with Gasteiger partial charge < -0.3 is 4.84 Å². The van der Waals surface area contributed by atoms with Crippen LogP contribution in [-0.2, 0) is 14.5 Å². The quantitative estimate of drug-likeness (QED) is 0.337. The minimum Gasteiger partial charge on any atom is -0.302 e. The minimum absolute atomic E-state index is 0.182. The third-order valence-electron chi connectivity index (χ3n) is 3.02. The van der Waals surface area contributed by atoms with Gasteiger partial charge in [-0.15, -0.1) is 0 Å². The lowest BCUT2D eigenvalue weighted by Gasteiger charge is -2.27. The molecule has 1 atom stereocenters. The Balaban J connectivity index is 4.06. The smallest absolute Gasteiger partial charge is 0.0790 e. The summed E-state index contributed by atoms with van der Waals surface area (Å²) in [7, 11) is 0. The van der Waals surface area contributed by atoms with E-state index in [1.54, 1.807) is 0 Å². The van der Waals surface area contributed by atoms with Gasteiger partial charge in [-0.1, -0.05) is 27.2 Å². The molecule has 0 aliphatic carbocycles. The van der Waals surface area contributed by atoms with Crippen molar-refractivity contribution in [3.8, 4) is 0 Å². The predicted molar refractivity (Wildman–Crippen MR) is 90.1 cm³/mol. The highest BCUT2D eigenvalue weighted by Crippen LogP contribution is 2.08. The van der Waals surface area contributed by atoms with Crippen molar-refractivity contribution in [1.82, 2.24) is 16.0 Å². The molecule has 0 rings (SSSR count). The third kappa shape index (κ3) is 13.4. The van der Waals surface area contributed by atoms with Gasteiger partial charge in [0, 0.05) is 26.2 Å². The molecule has 0 aliphatic heterocycles. The van der Waals surface area contributed by atoms with Gasteiger partial charge in [0.05, 0.1) is 18.8 Å². The van der Waals surface area contributed by atoms with Crippen molar-refractivity contribution in [2.24, 2.45) is 0 Å². The first kappa shape index (κ1) is 21.8. The van der Waals surface area contributed by atoms with Crippen molar-refractivity contribution in [1.29, 1.82) is 0 Å². The first-order valence-electron chi connectivity index (χ1n) is 8.78. The number of nitrogens with one attached hydrogen (secondary N) is 2. The second kappa shape index (κ2) is 15.6. The van der Waals surface area contributed by atoms with Gasteiger partial charge in [0.2, 0.25) is 0 Å². The lowest BCUT2D eigenvalue weighted by molar-refractivity contribution is -0.204. The maximum Gasteiger partial charge on any atom is 0.0790 e. The molecule has 6 nitrogen and oxygen atoms in total. The SMILES string of the molecule is CCCONCCN(CCNOC(C)C)OC(CC)CCC. The lowest BCUT2D eigenvalue weighted by atomic mass is 10.2. The van der Waals surface area contributed by atoms with Gasteiger partial charge in [-0.05, 0) is 33.1 Å². The monoisotopic (exact) mass is 319 g/mol. The Morgan fingerprint density at radius 1 is 0.955 bits per heavy atom. The Hall–Kier alpha value is -0.240. The van der Waals surface area contributed by atoms with Crippen molar-refractivity contribution in [2.75, 3.05) is 32.8 Å². The molecule has 0 saturated heterocycles. The topological polar surface area (TPSA) is 55.0 Å². The molecule has 0 spiro atoms. The van der Waals surface area contributed by atoms with Crippen molar-refractivity contribution < 1.29 is 14.5 Å². The van der Waals surface area contributed by atoms with Gasteiger partial charge in [0.15, 0.2) is 0 Å². The standard InChI is InChI=1S/C16H37N3O3/c1-6-9-16(8-3)22-19(12-10-17-20-14-7-2)13-11-18-21-15(4)5/h15-18H,6-14H2,1-5H3. The van der Waals surface area contributed by atoms with E-state index >= 15 is 0 Å². The first-order chi connectivity index (χ1) is 10.6. The summed E-state index contributed by atoms with van der Waals surface area (Å²) in [5.41, 5.74) is 5.95. The van der Waals surface area contributed by atoms with E-state index in [9.17, 15) is 0 Å². The first-order valence-corrected chi connectivity index (χ1v) is 8.78. The number of hydrogen-bond donors (Lipinski definition) is 2. The molecule has 1 unspecified atom stereocenters. The second-order valence-electron chi connectivity index (χ2n) is 5.66. The van der Waals surface area contributed by atoms with Crippen LogP contribution in [-0.4, -0.2) is 50.1 Å². The van der Waals surface area contributed by atoms with Crippen molar-refractivity contribution in [2.45, 2.75) is 72.5 Å². The summed E-state index contributed by atoms with van der Waals surface area (Å²) in [5.74, 6) is 0. The van der Waals surface area contributed by atoms with Crippen LogP contribution in [0.4, 0.5) is 0 Å². The van der Waals surface area contributed by atoms with Crippen LogP contribution in [0.1, 0.15) is 60.3 Å². The molecule has 22 heavy (non-hydrogen) atoms. The van der Waals surface area contributed by atoms with Gasteiger partial charge in [-0.25, -0.2) is 11.0 Å². The molecule has 0 radical (unpaired) electrons. The molecule has 0 amide bonds. The Bertz CT molecular complexity index is 231. The number of nitrogens with zero attached hydrogens (tertiary/aromatic N) is 1. The van der Waals surface area contributed by atoms with Crippen LogP contribution in [0.2, 0.25) is 0 Å². The lowest BCUT2D eigenvalue weighted by Crippen LogP contribution is -2.39. The zero-order valence-corrected chi connectivity index (χ0v) is 15.2. The van der Waals surface area contributed by atoms with Gasteiger partial charge in [-0.3, -0.25) is 9.68 Å². The van der Waals surface area contributed by atoms with Crippen LogP contribution < -0.4 is 11.0 Å². The number of hydrogen-bond acceptors (Lipinski definition) is 6. The van der Waals surface area contributed by atoms with Gasteiger partial charge >= 0.3 is 0 Å². The predicted octanol–water partition coefficient (Wildman–Crippen LogP) is 2.66. The molecule has 0 fully saturated rings. The molecular weight excluding hydrogens is 282 g/mol. The molecule has 0 aromatic carbocycles. The Kier molecular flexibility index (Phi) is 15.5. The van der Waals surface area contributed by atoms with E-state index in [0.717, 1.165) is 58.5 Å². The second-order valence-corrected chi connectivity index (χ2v) is 5.66. The van der Waals surface area contributed by atoms with Crippen LogP contribution in [0.25, 0.3) is 0 Å². The van der Waals surface area contributed by atoms with E-state index in [2.05, 4.69) is 31.7 Å². The Morgan fingerprint density at radius 2 is 1.64 bits per heavy atom. The molecule has 0 aliphatic rings. The molecule has 2 N–H and O–H groups in total. The minimum atomic E-state index is 0.182. The molecular formula is C16H37N3O3. The highest BCUT2D eigenvalue weighted by atomic mass is 16.7. The average Bonchev–Trinajstić information content (AvgIpc) is 2.49. The zero-order valence-electron chi connectivity index (χ0n) is 15.2. The fraction of sp³-hybridized carbons (Fsp3) is 1.00. The van der Waals surface area contributed by atoms with Crippen LogP contribution in [0.15, 0.2) is 0 Å². The summed E-state index contributed by atoms with van der Waals surface area (Å²) >= 11 is 0. The summed E-state index contributed by atoms with van der Waals surface area (Å²) in [5, 5.41) is 2.00. The van der Waals surface area contributed by atoms with Crippen molar-refractivity contribution >= 4 is 0 Å². The van der Waals surface area contributed by atoms with Crippen molar-refractivity contribution in [3.63, 3.8) is 0 Å². The van der Waals surface area contributed by atoms with Crippen LogP contribution >= 0.6 is 0 Å². The van der Waals surface area contributed by atoms with Crippen molar-refractivity contribution in [3.05, 3.63) is 0 Å². The maximum atomic E-state index is 6.10. The third-order valence-corrected chi connectivity index (χ3v) is 3.02. The van der Waals surface area contributed by atoms with E-state index in [4.69, 9.17) is 14.5 Å². The largest absolute Gasteiger partial charge is 0.302 e. The average molecular weight is 319 g/mol. The molecule has 0 bridgehead atoms. The van der Waals surface area contributed by atoms with Gasteiger partial charge in [0.25, 0.3) is 0 Å². The molecule has 134 valence electrons. The summed E-state index contributed by atoms with van der Waals surface area (Å²) in [4.78, 5) is 16.7. The summed E-state index contributed by atoms with van der Waals surface area (Å²) in [6, 6.07) is 0. The molecule has 6 heteroatoms. The van der Waals surface area contributed by atoms with E-state index in [1.165, 1.54) is 0 Å². The van der Waals surface area contributed by atoms with E-state index in [0.29, 0.717) is 0 Å². The van der Waals surface area contributed by atoms with Crippen LogP contribution in [0.5, 0.6) is 0 Å². The van der Waals surface area contributed by atoms with E-state index in [-0.39, 0.29) is 12.2 Å². The Labute approximate surface area is 136 Å². The van der Waals surface area contributed by atoms with Gasteiger partial charge in [0.1, 0.15) is 0 Å². The summed E-state index contributed by atoms with van der Waals surface area (Å²) in [6.07, 6.45) is 4.73. The number of rotatable bonds is 16. The summed E-state index contributed by atoms with van der Waals surface area (Å²) < 4.78 is 0. The molecule has 0 aromatic heterocycles. The highest BCUT2D eigenvalue weighted by molar-refractivity contribution is 4.56. The van der Waals surface area contributed by atoms with E-state index in [1.807, 2.05) is 18.9 Å². The molecule has 0 saturated carbocycles. The molecule has 0 heterocycles. The fourth-order valence-electron chi connectivity index (χ4n) is 1.89. The Morgan fingerprint density at radius 3 is 2.18 bits per heavy atom. The highest BCUT2D eigenvalue weighted by Gasteiger charge is 2.12. The number of hydroxylamine groups is 4. The van der Waals surface area contributed by atoms with Crippen LogP contribution in [0.3, 0.4) is 0 Å². The van der Waals surface area contributed by atoms with Crippen LogP contribution in [0, 0.1) is 0 Å². The zero-order chi connectivity index (χ0) is 16.6.